The average molecular weight is 183 g/mol. The zero-order valence-corrected chi connectivity index (χ0v) is 8.70. The summed E-state index contributed by atoms with van der Waals surface area (Å²) in [4.78, 5) is 0. The van der Waals surface area contributed by atoms with Crippen LogP contribution in [0.15, 0.2) is 12.1 Å². The Labute approximate surface area is 79.6 Å². The summed E-state index contributed by atoms with van der Waals surface area (Å²) in [6.45, 7) is 6.32. The Hall–Kier alpha value is -0.490. The molecule has 0 amide bonds. The van der Waals surface area contributed by atoms with Gasteiger partial charge in [0, 0.05) is 5.02 Å². The van der Waals surface area contributed by atoms with Crippen LogP contribution in [0.2, 0.25) is 5.02 Å². The lowest BCUT2D eigenvalue weighted by molar-refractivity contribution is 0.918. The molecule has 0 N–H and O–H groups in total. The molecule has 0 radical (unpaired) electrons. The van der Waals surface area contributed by atoms with Crippen LogP contribution in [0.3, 0.4) is 0 Å². The first-order valence-electron chi connectivity index (χ1n) is 4.40. The number of halogens is 1. The summed E-state index contributed by atoms with van der Waals surface area (Å²) in [5.74, 6) is 0. The van der Waals surface area contributed by atoms with E-state index in [0.29, 0.717) is 0 Å². The lowest BCUT2D eigenvalue weighted by Gasteiger charge is -2.06. The summed E-state index contributed by atoms with van der Waals surface area (Å²) in [5, 5.41) is 0.912. The minimum absolute atomic E-state index is 0.912. The standard InChI is InChI=1S/C11H15Cl/c1-4-5-10-6-8(2)11(12)9(3)7-10/h6-7H,4-5H2,1-3H3. The Kier molecular flexibility index (Phi) is 3.16. The van der Waals surface area contributed by atoms with Gasteiger partial charge in [-0.05, 0) is 37.0 Å². The van der Waals surface area contributed by atoms with Crippen LogP contribution in [0, 0.1) is 13.8 Å². The largest absolute Gasteiger partial charge is 0.0838 e. The van der Waals surface area contributed by atoms with Gasteiger partial charge in [-0.15, -0.1) is 0 Å². The van der Waals surface area contributed by atoms with Crippen molar-refractivity contribution in [3.8, 4) is 0 Å². The van der Waals surface area contributed by atoms with E-state index in [1.807, 2.05) is 0 Å². The van der Waals surface area contributed by atoms with Gasteiger partial charge in [0.15, 0.2) is 0 Å². The van der Waals surface area contributed by atoms with E-state index in [0.717, 1.165) is 11.4 Å². The summed E-state index contributed by atoms with van der Waals surface area (Å²) in [5.41, 5.74) is 3.79. The molecule has 0 saturated heterocycles. The quantitative estimate of drug-likeness (QED) is 0.651. The topological polar surface area (TPSA) is 0 Å². The number of benzene rings is 1. The molecule has 1 heteroatoms. The highest BCUT2D eigenvalue weighted by Gasteiger charge is 2.01. The van der Waals surface area contributed by atoms with E-state index >= 15 is 0 Å². The maximum absolute atomic E-state index is 6.05. The van der Waals surface area contributed by atoms with Crippen molar-refractivity contribution in [2.45, 2.75) is 33.6 Å². The summed E-state index contributed by atoms with van der Waals surface area (Å²) in [6.07, 6.45) is 2.35. The van der Waals surface area contributed by atoms with E-state index < -0.39 is 0 Å². The second-order valence-electron chi connectivity index (χ2n) is 3.29. The van der Waals surface area contributed by atoms with E-state index in [1.165, 1.54) is 23.1 Å². The van der Waals surface area contributed by atoms with Crippen molar-refractivity contribution in [3.05, 3.63) is 33.8 Å². The molecule has 0 aromatic heterocycles. The Morgan fingerprint density at radius 3 is 2.08 bits per heavy atom. The van der Waals surface area contributed by atoms with Crippen LogP contribution < -0.4 is 0 Å². The molecule has 66 valence electrons. The highest BCUT2D eigenvalue weighted by molar-refractivity contribution is 6.32. The highest BCUT2D eigenvalue weighted by atomic mass is 35.5. The molecule has 0 aliphatic heterocycles. The molecule has 0 aliphatic rings. The SMILES string of the molecule is CCCc1cc(C)c(Cl)c(C)c1. The van der Waals surface area contributed by atoms with Gasteiger partial charge in [0.25, 0.3) is 0 Å². The van der Waals surface area contributed by atoms with Crippen molar-refractivity contribution in [1.82, 2.24) is 0 Å². The third kappa shape index (κ3) is 2.01. The molecule has 0 nitrogen and oxygen atoms in total. The number of hydrogen-bond acceptors (Lipinski definition) is 0. The summed E-state index contributed by atoms with van der Waals surface area (Å²) >= 11 is 6.05. The van der Waals surface area contributed by atoms with Crippen LogP contribution >= 0.6 is 11.6 Å². The van der Waals surface area contributed by atoms with Crippen molar-refractivity contribution in [2.75, 3.05) is 0 Å². The van der Waals surface area contributed by atoms with Crippen LogP contribution in [0.25, 0.3) is 0 Å². The van der Waals surface area contributed by atoms with Gasteiger partial charge in [0.05, 0.1) is 0 Å². The normalized spacial score (nSPS) is 10.3. The molecular formula is C11H15Cl. The molecule has 0 heterocycles. The molecular weight excluding hydrogens is 168 g/mol. The van der Waals surface area contributed by atoms with Crippen molar-refractivity contribution < 1.29 is 0 Å². The fourth-order valence-electron chi connectivity index (χ4n) is 1.47. The fraction of sp³-hybridized carbons (Fsp3) is 0.455. The molecule has 0 saturated carbocycles. The van der Waals surface area contributed by atoms with Gasteiger partial charge in [-0.25, -0.2) is 0 Å². The first kappa shape index (κ1) is 9.60. The molecule has 0 atom stereocenters. The third-order valence-electron chi connectivity index (χ3n) is 2.03. The Bertz CT molecular complexity index is 253. The molecule has 0 spiro atoms. The first-order valence-corrected chi connectivity index (χ1v) is 4.78. The van der Waals surface area contributed by atoms with Crippen molar-refractivity contribution in [3.63, 3.8) is 0 Å². The van der Waals surface area contributed by atoms with Gasteiger partial charge >= 0.3 is 0 Å². The predicted molar refractivity (Wildman–Crippen MR) is 54.9 cm³/mol. The monoisotopic (exact) mass is 182 g/mol. The second-order valence-corrected chi connectivity index (χ2v) is 3.67. The minimum Gasteiger partial charge on any atom is -0.0838 e. The Morgan fingerprint density at radius 1 is 1.17 bits per heavy atom. The van der Waals surface area contributed by atoms with Gasteiger partial charge in [-0.1, -0.05) is 37.1 Å². The summed E-state index contributed by atoms with van der Waals surface area (Å²) in [6, 6.07) is 4.36. The predicted octanol–water partition coefficient (Wildman–Crippen LogP) is 3.91. The summed E-state index contributed by atoms with van der Waals surface area (Å²) in [7, 11) is 0. The van der Waals surface area contributed by atoms with Crippen molar-refractivity contribution in [1.29, 1.82) is 0 Å². The molecule has 0 bridgehead atoms. The Balaban J connectivity index is 3.04. The molecule has 1 aromatic carbocycles. The maximum atomic E-state index is 6.05. The third-order valence-corrected chi connectivity index (χ3v) is 2.63. The smallest absolute Gasteiger partial charge is 0.0464 e. The molecule has 0 unspecified atom stereocenters. The van der Waals surface area contributed by atoms with Gasteiger partial charge in [-0.2, -0.15) is 0 Å². The van der Waals surface area contributed by atoms with E-state index in [1.54, 1.807) is 0 Å². The lowest BCUT2D eigenvalue weighted by Crippen LogP contribution is -1.88. The van der Waals surface area contributed by atoms with Crippen LogP contribution in [-0.4, -0.2) is 0 Å². The summed E-state index contributed by atoms with van der Waals surface area (Å²) < 4.78 is 0. The number of aryl methyl sites for hydroxylation is 3. The number of hydrogen-bond donors (Lipinski definition) is 0. The second kappa shape index (κ2) is 3.95. The van der Waals surface area contributed by atoms with Crippen LogP contribution in [0.5, 0.6) is 0 Å². The molecule has 0 aliphatic carbocycles. The highest BCUT2D eigenvalue weighted by Crippen LogP contribution is 2.22. The van der Waals surface area contributed by atoms with Crippen molar-refractivity contribution in [2.24, 2.45) is 0 Å². The van der Waals surface area contributed by atoms with E-state index in [4.69, 9.17) is 11.6 Å². The van der Waals surface area contributed by atoms with Gasteiger partial charge in [-0.3, -0.25) is 0 Å². The lowest BCUT2D eigenvalue weighted by atomic mass is 10.0. The molecule has 12 heavy (non-hydrogen) atoms. The van der Waals surface area contributed by atoms with E-state index in [-0.39, 0.29) is 0 Å². The van der Waals surface area contributed by atoms with Crippen LogP contribution in [-0.2, 0) is 6.42 Å². The Morgan fingerprint density at radius 2 is 1.67 bits per heavy atom. The molecule has 1 rings (SSSR count). The maximum Gasteiger partial charge on any atom is 0.0464 e. The first-order chi connectivity index (χ1) is 5.65. The van der Waals surface area contributed by atoms with Gasteiger partial charge < -0.3 is 0 Å². The van der Waals surface area contributed by atoms with Crippen molar-refractivity contribution >= 4 is 11.6 Å². The van der Waals surface area contributed by atoms with Gasteiger partial charge in [0.2, 0.25) is 0 Å². The van der Waals surface area contributed by atoms with E-state index in [2.05, 4.69) is 32.9 Å². The van der Waals surface area contributed by atoms with Crippen LogP contribution in [0.1, 0.15) is 30.0 Å². The number of rotatable bonds is 2. The van der Waals surface area contributed by atoms with Gasteiger partial charge in [0.1, 0.15) is 0 Å². The fourth-order valence-corrected chi connectivity index (χ4v) is 1.58. The molecule has 1 aromatic rings. The zero-order valence-electron chi connectivity index (χ0n) is 7.95. The molecule has 0 fully saturated rings. The minimum atomic E-state index is 0.912. The van der Waals surface area contributed by atoms with Crippen LogP contribution in [0.4, 0.5) is 0 Å². The van der Waals surface area contributed by atoms with E-state index in [9.17, 15) is 0 Å². The average Bonchev–Trinajstić information content (AvgIpc) is 2.01. The zero-order chi connectivity index (χ0) is 9.14.